The molecule has 1 N–H and O–H groups in total. The van der Waals surface area contributed by atoms with Gasteiger partial charge in [0.15, 0.2) is 5.69 Å². The van der Waals surface area contributed by atoms with Crippen LogP contribution in [0.25, 0.3) is 10.8 Å². The van der Waals surface area contributed by atoms with Crippen LogP contribution in [-0.4, -0.2) is 26.9 Å². The number of rotatable bonds is 4. The van der Waals surface area contributed by atoms with E-state index in [1.807, 2.05) is 26.2 Å². The largest absolute Gasteiger partial charge is 0.292 e. The van der Waals surface area contributed by atoms with Crippen LogP contribution in [0.1, 0.15) is 41.1 Å². The maximum absolute atomic E-state index is 12.5. The van der Waals surface area contributed by atoms with Crippen molar-refractivity contribution in [2.75, 3.05) is 0 Å². The summed E-state index contributed by atoms with van der Waals surface area (Å²) < 4.78 is 1.31. The first-order valence-corrected chi connectivity index (χ1v) is 8.62. The van der Waals surface area contributed by atoms with Crippen LogP contribution < -0.4 is 11.0 Å². The topological polar surface area (TPSA) is 89.2 Å². The Morgan fingerprint density at radius 3 is 2.68 bits per heavy atom. The van der Waals surface area contributed by atoms with Crippen LogP contribution in [0.5, 0.6) is 0 Å². The van der Waals surface area contributed by atoms with Gasteiger partial charge < -0.3 is 0 Å². The highest BCUT2D eigenvalue weighted by atomic mass is 32.1. The van der Waals surface area contributed by atoms with E-state index in [4.69, 9.17) is 0 Å². The molecule has 0 aliphatic heterocycles. The molecular weight excluding hydrogens is 338 g/mol. The molecule has 0 bridgehead atoms. The molecule has 128 valence electrons. The molecule has 2 heterocycles. The summed E-state index contributed by atoms with van der Waals surface area (Å²) in [5.74, 6) is -0.478. The predicted octanol–water partition coefficient (Wildman–Crippen LogP) is 2.51. The lowest BCUT2D eigenvalue weighted by Crippen LogP contribution is -2.30. The zero-order valence-electron chi connectivity index (χ0n) is 14.1. The summed E-state index contributed by atoms with van der Waals surface area (Å²) in [6, 6.07) is 6.76. The minimum atomic E-state index is -0.478. The van der Waals surface area contributed by atoms with E-state index in [2.05, 4.69) is 20.6 Å². The van der Waals surface area contributed by atoms with Crippen LogP contribution in [0.2, 0.25) is 0 Å². The summed E-state index contributed by atoms with van der Waals surface area (Å²) in [5.41, 5.74) is 3.07. The number of fused-ring (bicyclic) bond motifs is 1. The highest BCUT2D eigenvalue weighted by Gasteiger charge is 2.17. The third-order valence-corrected chi connectivity index (χ3v) is 4.32. The number of thiazole rings is 1. The van der Waals surface area contributed by atoms with E-state index in [-0.39, 0.29) is 17.3 Å². The van der Waals surface area contributed by atoms with Crippen LogP contribution in [0.4, 0.5) is 0 Å². The normalized spacial score (nSPS) is 11.5. The number of benzene rings is 1. The Bertz CT molecular complexity index is 1020. The third kappa shape index (κ3) is 3.48. The number of carbonyl (C=O) groups is 1. The Kier molecular flexibility index (Phi) is 4.71. The molecule has 0 aliphatic carbocycles. The van der Waals surface area contributed by atoms with Gasteiger partial charge in [0.25, 0.3) is 11.5 Å². The van der Waals surface area contributed by atoms with Crippen LogP contribution in [0.3, 0.4) is 0 Å². The van der Waals surface area contributed by atoms with Crippen molar-refractivity contribution < 1.29 is 4.79 Å². The number of aromatic nitrogens is 3. The van der Waals surface area contributed by atoms with Gasteiger partial charge in [-0.2, -0.15) is 10.2 Å². The van der Waals surface area contributed by atoms with Gasteiger partial charge in [-0.3, -0.25) is 9.59 Å². The van der Waals surface area contributed by atoms with Gasteiger partial charge in [-0.1, -0.05) is 18.2 Å². The third-order valence-electron chi connectivity index (χ3n) is 3.53. The van der Waals surface area contributed by atoms with Crippen molar-refractivity contribution in [2.45, 2.75) is 26.8 Å². The van der Waals surface area contributed by atoms with E-state index < -0.39 is 5.91 Å². The molecule has 7 nitrogen and oxygen atoms in total. The average molecular weight is 355 g/mol. The van der Waals surface area contributed by atoms with E-state index in [0.29, 0.717) is 16.5 Å². The fourth-order valence-electron chi connectivity index (χ4n) is 2.37. The van der Waals surface area contributed by atoms with E-state index in [9.17, 15) is 9.59 Å². The van der Waals surface area contributed by atoms with Crippen molar-refractivity contribution in [1.82, 2.24) is 20.2 Å². The fourth-order valence-corrected chi connectivity index (χ4v) is 2.94. The zero-order chi connectivity index (χ0) is 18.0. The molecule has 0 saturated carbocycles. The standard InChI is InChI=1S/C17H17N5O2S/c1-10(2)22-17(24)14-7-5-4-6-13(14)15(21-22)16(23)20-18-8-12-9-25-11(3)19-12/h4-10H,1-3H3,(H,20,23)/b18-8-. The zero-order valence-corrected chi connectivity index (χ0v) is 14.9. The monoisotopic (exact) mass is 355 g/mol. The van der Waals surface area contributed by atoms with E-state index in [1.165, 1.54) is 22.2 Å². The molecule has 8 heteroatoms. The molecule has 3 aromatic rings. The second-order valence-corrected chi connectivity index (χ2v) is 6.79. The van der Waals surface area contributed by atoms with Gasteiger partial charge in [-0.25, -0.2) is 15.1 Å². The van der Waals surface area contributed by atoms with Crippen molar-refractivity contribution in [3.05, 3.63) is 56.4 Å². The highest BCUT2D eigenvalue weighted by Crippen LogP contribution is 2.14. The van der Waals surface area contributed by atoms with Gasteiger partial charge in [-0.15, -0.1) is 11.3 Å². The maximum Gasteiger partial charge on any atom is 0.292 e. The Balaban J connectivity index is 1.96. The summed E-state index contributed by atoms with van der Waals surface area (Å²) >= 11 is 1.50. The summed E-state index contributed by atoms with van der Waals surface area (Å²) in [7, 11) is 0. The molecule has 0 fully saturated rings. The van der Waals surface area contributed by atoms with E-state index >= 15 is 0 Å². The van der Waals surface area contributed by atoms with Crippen LogP contribution in [0, 0.1) is 6.92 Å². The van der Waals surface area contributed by atoms with Crippen LogP contribution in [-0.2, 0) is 0 Å². The van der Waals surface area contributed by atoms with Crippen LogP contribution >= 0.6 is 11.3 Å². The summed E-state index contributed by atoms with van der Waals surface area (Å²) in [4.78, 5) is 29.2. The number of hydrogen-bond donors (Lipinski definition) is 1. The van der Waals surface area contributed by atoms with E-state index in [1.54, 1.807) is 24.3 Å². The molecule has 1 aromatic carbocycles. The number of hydrazone groups is 1. The first-order valence-electron chi connectivity index (χ1n) is 7.74. The van der Waals surface area contributed by atoms with Crippen molar-refractivity contribution in [3.8, 4) is 0 Å². The van der Waals surface area contributed by atoms with Gasteiger partial charge in [0, 0.05) is 10.8 Å². The van der Waals surface area contributed by atoms with Gasteiger partial charge in [0.1, 0.15) is 0 Å². The lowest BCUT2D eigenvalue weighted by atomic mass is 10.1. The molecule has 25 heavy (non-hydrogen) atoms. The first-order chi connectivity index (χ1) is 12.0. The summed E-state index contributed by atoms with van der Waals surface area (Å²) in [6.45, 7) is 5.58. The number of nitrogens with one attached hydrogen (secondary N) is 1. The average Bonchev–Trinajstić information content (AvgIpc) is 3.00. The van der Waals surface area contributed by atoms with Crippen molar-refractivity contribution in [3.63, 3.8) is 0 Å². The summed E-state index contributed by atoms with van der Waals surface area (Å²) in [5, 5.41) is 11.9. The second-order valence-electron chi connectivity index (χ2n) is 5.73. The van der Waals surface area contributed by atoms with E-state index in [0.717, 1.165) is 5.01 Å². The highest BCUT2D eigenvalue weighted by molar-refractivity contribution is 7.09. The van der Waals surface area contributed by atoms with Gasteiger partial charge in [0.2, 0.25) is 0 Å². The molecule has 2 aromatic heterocycles. The molecule has 3 rings (SSSR count). The molecule has 0 saturated heterocycles. The minimum absolute atomic E-state index is 0.162. The Hall–Kier alpha value is -2.87. The SMILES string of the molecule is Cc1nc(/C=N\NC(=O)c2nn(C(C)C)c(=O)c3ccccc23)cs1. The molecule has 0 radical (unpaired) electrons. The molecule has 1 amide bonds. The predicted molar refractivity (Wildman–Crippen MR) is 98.3 cm³/mol. The fraction of sp³-hybridized carbons (Fsp3) is 0.235. The number of nitrogens with zero attached hydrogens (tertiary/aromatic N) is 4. The van der Waals surface area contributed by atoms with Gasteiger partial charge in [-0.05, 0) is 26.8 Å². The smallest absolute Gasteiger partial charge is 0.267 e. The van der Waals surface area contributed by atoms with Crippen molar-refractivity contribution in [1.29, 1.82) is 0 Å². The van der Waals surface area contributed by atoms with Crippen molar-refractivity contribution >= 4 is 34.2 Å². The van der Waals surface area contributed by atoms with Gasteiger partial charge in [0.05, 0.1) is 28.3 Å². The Labute approximate surface area is 148 Å². The van der Waals surface area contributed by atoms with Gasteiger partial charge >= 0.3 is 0 Å². The molecule has 0 atom stereocenters. The van der Waals surface area contributed by atoms with Crippen molar-refractivity contribution in [2.24, 2.45) is 5.10 Å². The maximum atomic E-state index is 12.5. The first kappa shape index (κ1) is 17.0. The number of aryl methyl sites for hydroxylation is 1. The lowest BCUT2D eigenvalue weighted by Gasteiger charge is -2.12. The molecule has 0 aliphatic rings. The quantitative estimate of drug-likeness (QED) is 0.575. The molecule has 0 spiro atoms. The molecule has 0 unspecified atom stereocenters. The molecular formula is C17H17N5O2S. The summed E-state index contributed by atoms with van der Waals surface area (Å²) in [6.07, 6.45) is 1.47. The number of carbonyl (C=O) groups excluding carboxylic acids is 1. The number of hydrogen-bond acceptors (Lipinski definition) is 6. The number of amides is 1. The Morgan fingerprint density at radius 2 is 2.04 bits per heavy atom. The van der Waals surface area contributed by atoms with Crippen LogP contribution in [0.15, 0.2) is 39.5 Å². The minimum Gasteiger partial charge on any atom is -0.267 e. The lowest BCUT2D eigenvalue weighted by molar-refractivity contribution is 0.0949. The second kappa shape index (κ2) is 6.94. The Morgan fingerprint density at radius 1 is 1.32 bits per heavy atom.